The van der Waals surface area contributed by atoms with Crippen LogP contribution in [0.25, 0.3) is 0 Å². The first-order valence-electron chi connectivity index (χ1n) is 3.84. The summed E-state index contributed by atoms with van der Waals surface area (Å²) in [5.74, 6) is -1.75. The van der Waals surface area contributed by atoms with E-state index < -0.39 is 27.7 Å². The summed E-state index contributed by atoms with van der Waals surface area (Å²) in [7, 11) is -5.84. The maximum Gasteiger partial charge on any atom is 0.523 e. The highest BCUT2D eigenvalue weighted by Gasteiger charge is 2.49. The van der Waals surface area contributed by atoms with Crippen molar-refractivity contribution in [1.29, 1.82) is 0 Å². The Morgan fingerprint density at radius 3 is 2.20 bits per heavy atom. The molecule has 1 N–H and O–H groups in total. The third-order valence-electron chi connectivity index (χ3n) is 1.35. The van der Waals surface area contributed by atoms with Crippen molar-refractivity contribution in [2.75, 3.05) is 0 Å². The molecule has 0 amide bonds. The van der Waals surface area contributed by atoms with Crippen LogP contribution in [0.5, 0.6) is 0 Å². The fraction of sp³-hybridized carbons (Fsp3) is 0.833. The zero-order chi connectivity index (χ0) is 12.3. The highest BCUT2D eigenvalue weighted by molar-refractivity contribution is 7.87. The molecule has 0 aromatic heterocycles. The van der Waals surface area contributed by atoms with Gasteiger partial charge in [0.2, 0.25) is 0 Å². The van der Waals surface area contributed by atoms with Gasteiger partial charge in [0.05, 0.1) is 0 Å². The molecule has 90 valence electrons. The average molecular weight is 250 g/mol. The average Bonchev–Trinajstić information content (AvgIpc) is 2.00. The number of halogens is 3. The Morgan fingerprint density at radius 1 is 1.47 bits per heavy atom. The Hall–Kier alpha value is -0.830. The molecular weight excluding hydrogens is 241 g/mol. The predicted octanol–water partition coefficient (Wildman–Crippen LogP) is 1.11. The van der Waals surface area contributed by atoms with E-state index in [4.69, 9.17) is 5.11 Å². The first kappa shape index (κ1) is 14.2. The van der Waals surface area contributed by atoms with Gasteiger partial charge in [0, 0.05) is 0 Å². The van der Waals surface area contributed by atoms with E-state index >= 15 is 0 Å². The number of aliphatic carboxylic acids is 1. The van der Waals surface area contributed by atoms with Crippen molar-refractivity contribution in [2.24, 2.45) is 0 Å². The molecule has 0 heterocycles. The van der Waals surface area contributed by atoms with Crippen molar-refractivity contribution in [2.45, 2.75) is 31.4 Å². The number of carboxylic acid groups (broad SMARTS) is 1. The van der Waals surface area contributed by atoms with Crippen LogP contribution in [-0.2, 0) is 19.1 Å². The molecule has 1 atom stereocenters. The van der Waals surface area contributed by atoms with Crippen molar-refractivity contribution in [3.8, 4) is 0 Å². The van der Waals surface area contributed by atoms with Gasteiger partial charge in [-0.05, 0) is 6.42 Å². The lowest BCUT2D eigenvalue weighted by Gasteiger charge is -2.13. The van der Waals surface area contributed by atoms with Crippen molar-refractivity contribution < 1.29 is 35.7 Å². The topological polar surface area (TPSA) is 80.7 Å². The maximum atomic E-state index is 11.8. The Morgan fingerprint density at radius 2 is 1.93 bits per heavy atom. The van der Waals surface area contributed by atoms with Gasteiger partial charge in [0.25, 0.3) is 0 Å². The second-order valence-electron chi connectivity index (χ2n) is 2.61. The summed E-state index contributed by atoms with van der Waals surface area (Å²) in [6.45, 7) is 1.49. The lowest BCUT2D eigenvalue weighted by Crippen LogP contribution is -2.34. The number of carboxylic acids is 1. The molecular formula is C6H9F3O5S. The number of rotatable bonds is 5. The van der Waals surface area contributed by atoms with Gasteiger partial charge in [0.15, 0.2) is 6.10 Å². The molecule has 0 aliphatic carbocycles. The second-order valence-corrected chi connectivity index (χ2v) is 4.18. The fourth-order valence-electron chi connectivity index (χ4n) is 0.682. The van der Waals surface area contributed by atoms with E-state index in [9.17, 15) is 26.4 Å². The smallest absolute Gasteiger partial charge is 0.479 e. The molecule has 0 spiro atoms. The molecule has 0 aromatic carbocycles. The van der Waals surface area contributed by atoms with Crippen molar-refractivity contribution in [1.82, 2.24) is 0 Å². The van der Waals surface area contributed by atoms with Crippen molar-refractivity contribution >= 4 is 16.1 Å². The normalized spacial score (nSPS) is 14.9. The summed E-state index contributed by atoms with van der Waals surface area (Å²) >= 11 is 0. The molecule has 0 aliphatic heterocycles. The minimum Gasteiger partial charge on any atom is -0.479 e. The first-order valence-corrected chi connectivity index (χ1v) is 5.25. The molecule has 0 saturated carbocycles. The molecule has 0 radical (unpaired) electrons. The lowest BCUT2D eigenvalue weighted by molar-refractivity contribution is -0.146. The number of hydrogen-bond acceptors (Lipinski definition) is 4. The van der Waals surface area contributed by atoms with Crippen LogP contribution in [-0.4, -0.2) is 31.1 Å². The largest absolute Gasteiger partial charge is 0.523 e. The minimum atomic E-state index is -5.84. The monoisotopic (exact) mass is 250 g/mol. The molecule has 0 aliphatic rings. The molecule has 0 aromatic rings. The molecule has 1 unspecified atom stereocenters. The third kappa shape index (κ3) is 4.04. The van der Waals surface area contributed by atoms with E-state index in [0.717, 1.165) is 0 Å². The second kappa shape index (κ2) is 4.79. The van der Waals surface area contributed by atoms with E-state index in [-0.39, 0.29) is 12.8 Å². The van der Waals surface area contributed by atoms with Crippen LogP contribution in [0, 0.1) is 0 Å². The zero-order valence-electron chi connectivity index (χ0n) is 7.61. The highest BCUT2D eigenvalue weighted by atomic mass is 32.2. The van der Waals surface area contributed by atoms with Crippen LogP contribution in [0.15, 0.2) is 0 Å². The summed E-state index contributed by atoms with van der Waals surface area (Å²) in [4.78, 5) is 10.3. The lowest BCUT2D eigenvalue weighted by atomic mass is 10.2. The summed E-state index contributed by atoms with van der Waals surface area (Å²) in [6.07, 6.45) is -2.13. The van der Waals surface area contributed by atoms with Gasteiger partial charge in [-0.3, -0.25) is 0 Å². The molecule has 9 heteroatoms. The third-order valence-corrected chi connectivity index (χ3v) is 2.41. The molecule has 0 rings (SSSR count). The minimum absolute atomic E-state index is 0.185. The van der Waals surface area contributed by atoms with Gasteiger partial charge >= 0.3 is 21.6 Å². The van der Waals surface area contributed by atoms with Crippen LogP contribution >= 0.6 is 0 Å². The highest BCUT2D eigenvalue weighted by Crippen LogP contribution is 2.26. The first-order chi connectivity index (χ1) is 6.62. The molecule has 5 nitrogen and oxygen atoms in total. The number of carbonyl (C=O) groups is 1. The molecule has 15 heavy (non-hydrogen) atoms. The molecule has 0 saturated heterocycles. The Labute approximate surface area is 84.0 Å². The standard InChI is InChI=1S/C6H9F3O5S/c1-2-3-4(5(10)11)14-15(12,13)6(7,8)9/h4H,2-3H2,1H3,(H,10,11). The Bertz CT molecular complexity index is 320. The molecule has 0 fully saturated rings. The van der Waals surface area contributed by atoms with E-state index in [1.165, 1.54) is 6.92 Å². The summed E-state index contributed by atoms with van der Waals surface area (Å²) in [5, 5.41) is 8.38. The van der Waals surface area contributed by atoms with Crippen LogP contribution in [0.1, 0.15) is 19.8 Å². The summed E-state index contributed by atoms with van der Waals surface area (Å²) in [5.41, 5.74) is -5.60. The van der Waals surface area contributed by atoms with Gasteiger partial charge in [-0.1, -0.05) is 13.3 Å². The van der Waals surface area contributed by atoms with E-state index in [1.807, 2.05) is 0 Å². The van der Waals surface area contributed by atoms with Gasteiger partial charge in [0.1, 0.15) is 0 Å². The number of alkyl halides is 3. The van der Waals surface area contributed by atoms with Crippen LogP contribution in [0.3, 0.4) is 0 Å². The van der Waals surface area contributed by atoms with Crippen molar-refractivity contribution in [3.05, 3.63) is 0 Å². The summed E-state index contributed by atoms with van der Waals surface area (Å²) in [6, 6.07) is 0. The van der Waals surface area contributed by atoms with Gasteiger partial charge in [-0.25, -0.2) is 8.98 Å². The zero-order valence-corrected chi connectivity index (χ0v) is 8.43. The molecule has 0 bridgehead atoms. The quantitative estimate of drug-likeness (QED) is 0.583. The van der Waals surface area contributed by atoms with Gasteiger partial charge < -0.3 is 5.11 Å². The van der Waals surface area contributed by atoms with Crippen LogP contribution < -0.4 is 0 Å². The van der Waals surface area contributed by atoms with E-state index in [2.05, 4.69) is 4.18 Å². The van der Waals surface area contributed by atoms with Gasteiger partial charge in [-0.15, -0.1) is 0 Å². The van der Waals surface area contributed by atoms with Crippen LogP contribution in [0.4, 0.5) is 13.2 Å². The Balaban J connectivity index is 4.76. The summed E-state index contributed by atoms with van der Waals surface area (Å²) < 4.78 is 59.8. The van der Waals surface area contributed by atoms with E-state index in [0.29, 0.717) is 0 Å². The van der Waals surface area contributed by atoms with Crippen molar-refractivity contribution in [3.63, 3.8) is 0 Å². The fourth-order valence-corrected chi connectivity index (χ4v) is 1.28. The van der Waals surface area contributed by atoms with Crippen LogP contribution in [0.2, 0.25) is 0 Å². The predicted molar refractivity (Wildman–Crippen MR) is 42.4 cm³/mol. The van der Waals surface area contributed by atoms with Gasteiger partial charge in [-0.2, -0.15) is 21.6 Å². The maximum absolute atomic E-state index is 11.8. The SMILES string of the molecule is CCCC(OS(=O)(=O)C(F)(F)F)C(=O)O. The number of hydrogen-bond donors (Lipinski definition) is 1. The Kier molecular flexibility index (Phi) is 4.53. The van der Waals surface area contributed by atoms with E-state index in [1.54, 1.807) is 0 Å².